The number of carbonyl (C=O) groups excluding carboxylic acids is 1. The van der Waals surface area contributed by atoms with E-state index in [0.717, 1.165) is 49.4 Å². The number of nitrogens with zero attached hydrogens (tertiary/aromatic N) is 7. The molecule has 0 atom stereocenters. The Morgan fingerprint density at radius 3 is 2.56 bits per heavy atom. The third-order valence-corrected chi connectivity index (χ3v) is 6.31. The second kappa shape index (κ2) is 9.34. The summed E-state index contributed by atoms with van der Waals surface area (Å²) < 4.78 is 7.17. The van der Waals surface area contributed by atoms with Crippen molar-refractivity contribution < 1.29 is 9.32 Å². The van der Waals surface area contributed by atoms with E-state index in [4.69, 9.17) is 4.52 Å². The number of hydrogen-bond donors (Lipinski definition) is 0. The van der Waals surface area contributed by atoms with Crippen molar-refractivity contribution in [1.82, 2.24) is 34.5 Å². The van der Waals surface area contributed by atoms with E-state index >= 15 is 0 Å². The van der Waals surface area contributed by atoms with Crippen molar-refractivity contribution in [3.8, 4) is 11.4 Å². The molecule has 3 aromatic heterocycles. The van der Waals surface area contributed by atoms with Gasteiger partial charge in [-0.15, -0.1) is 0 Å². The van der Waals surface area contributed by atoms with Gasteiger partial charge in [-0.05, 0) is 39.8 Å². The lowest BCUT2D eigenvalue weighted by molar-refractivity contribution is 0.0637. The Morgan fingerprint density at radius 2 is 1.79 bits per heavy atom. The fraction of sp³-hybridized carbons (Fsp3) is 0.400. The molecule has 1 aliphatic heterocycles. The zero-order valence-corrected chi connectivity index (χ0v) is 19.9. The van der Waals surface area contributed by atoms with Gasteiger partial charge in [0.1, 0.15) is 5.56 Å². The van der Waals surface area contributed by atoms with Crippen LogP contribution in [0.25, 0.3) is 17.0 Å². The predicted octanol–water partition coefficient (Wildman–Crippen LogP) is 3.10. The molecule has 0 spiro atoms. The third kappa shape index (κ3) is 4.56. The summed E-state index contributed by atoms with van der Waals surface area (Å²) in [6, 6.07) is 10.1. The van der Waals surface area contributed by atoms with E-state index in [1.54, 1.807) is 10.7 Å². The van der Waals surface area contributed by atoms with Crippen molar-refractivity contribution in [3.63, 3.8) is 0 Å². The van der Waals surface area contributed by atoms with E-state index in [1.807, 2.05) is 49.1 Å². The average molecular weight is 460 g/mol. The van der Waals surface area contributed by atoms with Crippen molar-refractivity contribution in [1.29, 1.82) is 0 Å². The molecular weight excluding hydrogens is 430 g/mol. The van der Waals surface area contributed by atoms with Gasteiger partial charge in [0.05, 0.1) is 6.20 Å². The van der Waals surface area contributed by atoms with Crippen LogP contribution in [0.4, 0.5) is 0 Å². The topological polar surface area (TPSA) is 92.7 Å². The quantitative estimate of drug-likeness (QED) is 0.437. The van der Waals surface area contributed by atoms with Crippen LogP contribution in [0.5, 0.6) is 0 Å². The van der Waals surface area contributed by atoms with Gasteiger partial charge < -0.3 is 9.42 Å². The Kier molecular flexibility index (Phi) is 6.10. The molecule has 9 nitrogen and oxygen atoms in total. The largest absolute Gasteiger partial charge is 0.339 e. The fourth-order valence-electron chi connectivity index (χ4n) is 4.40. The number of fused-ring (bicyclic) bond motifs is 1. The van der Waals surface area contributed by atoms with Crippen LogP contribution in [-0.2, 0) is 6.42 Å². The number of piperazine rings is 1. The van der Waals surface area contributed by atoms with Gasteiger partial charge in [-0.25, -0.2) is 9.50 Å². The van der Waals surface area contributed by atoms with Crippen molar-refractivity contribution in [2.24, 2.45) is 0 Å². The standard InChI is InChI=1S/C25H29N7O2/c1-17-6-8-20(9-7-17)23-28-22(34-29-23)5-4-10-30-11-13-31(14-12-30)25(33)21-16-26-32-19(3)15-18(2)27-24(21)32/h6-9,15-16H,4-5,10-14H2,1-3H3. The predicted molar refractivity (Wildman–Crippen MR) is 128 cm³/mol. The van der Waals surface area contributed by atoms with Crippen LogP contribution in [-0.4, -0.2) is 73.2 Å². The Bertz CT molecular complexity index is 1300. The normalized spacial score (nSPS) is 14.7. The lowest BCUT2D eigenvalue weighted by Gasteiger charge is -2.34. The Labute approximate surface area is 198 Å². The first-order valence-electron chi connectivity index (χ1n) is 11.7. The van der Waals surface area contributed by atoms with Crippen molar-refractivity contribution in [2.45, 2.75) is 33.6 Å². The molecule has 0 unspecified atom stereocenters. The van der Waals surface area contributed by atoms with Crippen LogP contribution in [0.3, 0.4) is 0 Å². The summed E-state index contributed by atoms with van der Waals surface area (Å²) in [6.45, 7) is 9.97. The maximum atomic E-state index is 13.1. The molecule has 1 aliphatic rings. The van der Waals surface area contributed by atoms with Crippen molar-refractivity contribution in [3.05, 3.63) is 64.9 Å². The van der Waals surface area contributed by atoms with Crippen LogP contribution in [0.1, 0.15) is 39.6 Å². The minimum Gasteiger partial charge on any atom is -0.339 e. The van der Waals surface area contributed by atoms with Crippen LogP contribution in [0.15, 0.2) is 41.1 Å². The lowest BCUT2D eigenvalue weighted by Crippen LogP contribution is -2.48. The smallest absolute Gasteiger partial charge is 0.259 e. The summed E-state index contributed by atoms with van der Waals surface area (Å²) in [5.74, 6) is 1.30. The monoisotopic (exact) mass is 459 g/mol. The molecule has 0 N–H and O–H groups in total. The number of benzene rings is 1. The molecule has 1 fully saturated rings. The highest BCUT2D eigenvalue weighted by molar-refractivity contribution is 5.99. The summed E-state index contributed by atoms with van der Waals surface area (Å²) in [5.41, 5.74) is 5.23. The Morgan fingerprint density at radius 1 is 1.03 bits per heavy atom. The van der Waals surface area contributed by atoms with Crippen LogP contribution in [0, 0.1) is 20.8 Å². The molecule has 1 aromatic carbocycles. The molecule has 9 heteroatoms. The van der Waals surface area contributed by atoms with E-state index < -0.39 is 0 Å². The van der Waals surface area contributed by atoms with Gasteiger partial charge in [0.25, 0.3) is 5.91 Å². The lowest BCUT2D eigenvalue weighted by atomic mass is 10.1. The molecular formula is C25H29N7O2. The van der Waals surface area contributed by atoms with Gasteiger partial charge in [0.2, 0.25) is 11.7 Å². The first-order valence-corrected chi connectivity index (χ1v) is 11.7. The highest BCUT2D eigenvalue weighted by Crippen LogP contribution is 2.18. The molecule has 1 amide bonds. The van der Waals surface area contributed by atoms with E-state index in [9.17, 15) is 4.79 Å². The van der Waals surface area contributed by atoms with Gasteiger partial charge in [-0.2, -0.15) is 10.1 Å². The summed E-state index contributed by atoms with van der Waals surface area (Å²) >= 11 is 0. The van der Waals surface area contributed by atoms with E-state index in [1.165, 1.54) is 5.56 Å². The summed E-state index contributed by atoms with van der Waals surface area (Å²) in [7, 11) is 0. The highest BCUT2D eigenvalue weighted by Gasteiger charge is 2.25. The molecule has 4 aromatic rings. The minimum atomic E-state index is 0.00152. The van der Waals surface area contributed by atoms with Crippen LogP contribution < -0.4 is 0 Å². The molecule has 0 bridgehead atoms. The molecule has 0 aliphatic carbocycles. The van der Waals surface area contributed by atoms with Gasteiger partial charge in [-0.1, -0.05) is 35.0 Å². The zero-order valence-electron chi connectivity index (χ0n) is 19.9. The number of aromatic nitrogens is 5. The van der Waals surface area contributed by atoms with Gasteiger partial charge in [-0.3, -0.25) is 9.69 Å². The molecule has 34 heavy (non-hydrogen) atoms. The van der Waals surface area contributed by atoms with Crippen LogP contribution >= 0.6 is 0 Å². The van der Waals surface area contributed by atoms with Gasteiger partial charge >= 0.3 is 0 Å². The summed E-state index contributed by atoms with van der Waals surface area (Å²) in [4.78, 5) is 26.5. The third-order valence-electron chi connectivity index (χ3n) is 6.31. The average Bonchev–Trinajstić information content (AvgIpc) is 3.47. The number of carbonyl (C=O) groups is 1. The molecule has 0 saturated carbocycles. The van der Waals surface area contributed by atoms with Gasteiger partial charge in [0.15, 0.2) is 5.65 Å². The van der Waals surface area contributed by atoms with E-state index in [-0.39, 0.29) is 5.91 Å². The molecule has 0 radical (unpaired) electrons. The van der Waals surface area contributed by atoms with E-state index in [2.05, 4.69) is 32.0 Å². The second-order valence-electron chi connectivity index (χ2n) is 8.95. The maximum Gasteiger partial charge on any atom is 0.259 e. The second-order valence-corrected chi connectivity index (χ2v) is 8.95. The molecule has 5 rings (SSSR count). The highest BCUT2D eigenvalue weighted by atomic mass is 16.5. The molecule has 176 valence electrons. The maximum absolute atomic E-state index is 13.1. The number of rotatable bonds is 6. The number of amides is 1. The molecule has 4 heterocycles. The number of aryl methyl sites for hydroxylation is 4. The Hall–Kier alpha value is -3.59. The van der Waals surface area contributed by atoms with Crippen LogP contribution in [0.2, 0.25) is 0 Å². The summed E-state index contributed by atoms with van der Waals surface area (Å²) in [5, 5.41) is 8.47. The number of hydrogen-bond acceptors (Lipinski definition) is 7. The van der Waals surface area contributed by atoms with Crippen molar-refractivity contribution >= 4 is 11.6 Å². The van der Waals surface area contributed by atoms with E-state index in [0.29, 0.717) is 36.0 Å². The SMILES string of the molecule is Cc1ccc(-c2noc(CCCN3CCN(C(=O)c4cnn5c(C)cc(C)nc45)CC3)n2)cc1. The minimum absolute atomic E-state index is 0.00152. The van der Waals surface area contributed by atoms with Gasteiger partial charge in [0, 0.05) is 49.6 Å². The summed E-state index contributed by atoms with van der Waals surface area (Å²) in [6.07, 6.45) is 3.31. The Balaban J connectivity index is 1.12. The first-order chi connectivity index (χ1) is 16.5. The molecule has 1 saturated heterocycles. The van der Waals surface area contributed by atoms with Crippen molar-refractivity contribution in [2.75, 3.05) is 32.7 Å². The zero-order chi connectivity index (χ0) is 23.7. The fourth-order valence-corrected chi connectivity index (χ4v) is 4.40. The first kappa shape index (κ1) is 22.2.